The van der Waals surface area contributed by atoms with E-state index in [1.165, 1.54) is 12.0 Å². The topological polar surface area (TPSA) is 20.3 Å². The fourth-order valence-corrected chi connectivity index (χ4v) is 3.78. The molecule has 3 heteroatoms. The van der Waals surface area contributed by atoms with Gasteiger partial charge < -0.3 is 4.90 Å². The fraction of sp³-hybridized carbons (Fsp3) is 0.562. The highest BCUT2D eigenvalue weighted by atomic mass is 79.9. The summed E-state index contributed by atoms with van der Waals surface area (Å²) in [5.74, 6) is 2.41. The summed E-state index contributed by atoms with van der Waals surface area (Å²) in [7, 11) is 0. The van der Waals surface area contributed by atoms with E-state index in [0.29, 0.717) is 11.8 Å². The standard InChI is InChI=1S/C16H20BrNO/c17-6-7-18(11-12-4-2-1-3-5-12)16(19)15-9-13-8-14(13)10-15/h1-5,13-15H,6-11H2. The third-order valence-electron chi connectivity index (χ3n) is 4.48. The van der Waals surface area contributed by atoms with Crippen molar-refractivity contribution in [2.45, 2.75) is 25.8 Å². The molecule has 0 aliphatic heterocycles. The molecule has 3 rings (SSSR count). The number of benzene rings is 1. The molecule has 0 radical (unpaired) electrons. The maximum absolute atomic E-state index is 12.6. The van der Waals surface area contributed by atoms with E-state index in [1.807, 2.05) is 23.1 Å². The predicted molar refractivity (Wildman–Crippen MR) is 80.0 cm³/mol. The van der Waals surface area contributed by atoms with E-state index in [1.54, 1.807) is 0 Å². The van der Waals surface area contributed by atoms with E-state index in [0.717, 1.165) is 43.1 Å². The van der Waals surface area contributed by atoms with Crippen LogP contribution in [0, 0.1) is 17.8 Å². The van der Waals surface area contributed by atoms with Gasteiger partial charge in [-0.2, -0.15) is 0 Å². The Morgan fingerprint density at radius 3 is 2.47 bits per heavy atom. The van der Waals surface area contributed by atoms with Crippen molar-refractivity contribution in [1.82, 2.24) is 4.90 Å². The zero-order chi connectivity index (χ0) is 13.2. The Kier molecular flexibility index (Phi) is 3.92. The molecule has 102 valence electrons. The third-order valence-corrected chi connectivity index (χ3v) is 4.83. The van der Waals surface area contributed by atoms with E-state index in [2.05, 4.69) is 28.1 Å². The molecule has 0 N–H and O–H groups in total. The van der Waals surface area contributed by atoms with Gasteiger partial charge in [-0.1, -0.05) is 46.3 Å². The van der Waals surface area contributed by atoms with Crippen molar-refractivity contribution in [3.05, 3.63) is 35.9 Å². The minimum atomic E-state index is 0.298. The van der Waals surface area contributed by atoms with Crippen molar-refractivity contribution >= 4 is 21.8 Å². The Morgan fingerprint density at radius 2 is 1.84 bits per heavy atom. The number of carbonyl (C=O) groups excluding carboxylic acids is 1. The molecule has 2 unspecified atom stereocenters. The van der Waals surface area contributed by atoms with Crippen LogP contribution in [0.3, 0.4) is 0 Å². The zero-order valence-corrected chi connectivity index (χ0v) is 12.7. The molecular weight excluding hydrogens is 302 g/mol. The Morgan fingerprint density at radius 1 is 1.16 bits per heavy atom. The molecular formula is C16H20BrNO. The van der Waals surface area contributed by atoms with E-state index in [4.69, 9.17) is 0 Å². The summed E-state index contributed by atoms with van der Waals surface area (Å²) in [6, 6.07) is 10.3. The number of nitrogens with zero attached hydrogens (tertiary/aromatic N) is 1. The molecule has 0 heterocycles. The van der Waals surface area contributed by atoms with Crippen molar-refractivity contribution in [2.24, 2.45) is 17.8 Å². The summed E-state index contributed by atoms with van der Waals surface area (Å²) in [4.78, 5) is 14.6. The van der Waals surface area contributed by atoms with Crippen LogP contribution in [-0.4, -0.2) is 22.7 Å². The van der Waals surface area contributed by atoms with Gasteiger partial charge in [0.05, 0.1) is 0 Å². The van der Waals surface area contributed by atoms with E-state index in [-0.39, 0.29) is 0 Å². The zero-order valence-electron chi connectivity index (χ0n) is 11.1. The lowest BCUT2D eigenvalue weighted by molar-refractivity contribution is -0.136. The summed E-state index contributed by atoms with van der Waals surface area (Å²) in [5.41, 5.74) is 1.22. The number of hydrogen-bond donors (Lipinski definition) is 0. The molecule has 19 heavy (non-hydrogen) atoms. The first-order valence-corrected chi connectivity index (χ1v) is 8.28. The van der Waals surface area contributed by atoms with Crippen molar-refractivity contribution in [1.29, 1.82) is 0 Å². The van der Waals surface area contributed by atoms with E-state index >= 15 is 0 Å². The minimum absolute atomic E-state index is 0.298. The second kappa shape index (κ2) is 5.66. The van der Waals surface area contributed by atoms with Crippen LogP contribution in [0.25, 0.3) is 0 Å². The first-order chi connectivity index (χ1) is 9.28. The van der Waals surface area contributed by atoms with Gasteiger partial charge in [-0.25, -0.2) is 0 Å². The van der Waals surface area contributed by atoms with Crippen LogP contribution in [0.15, 0.2) is 30.3 Å². The molecule has 0 bridgehead atoms. The van der Waals surface area contributed by atoms with Crippen LogP contribution in [0.1, 0.15) is 24.8 Å². The van der Waals surface area contributed by atoms with Crippen molar-refractivity contribution in [3.8, 4) is 0 Å². The lowest BCUT2D eigenvalue weighted by Gasteiger charge is -2.25. The van der Waals surface area contributed by atoms with Gasteiger partial charge in [0, 0.05) is 24.3 Å². The number of halogens is 1. The average Bonchev–Trinajstić information content (AvgIpc) is 3.05. The largest absolute Gasteiger partial charge is 0.337 e. The van der Waals surface area contributed by atoms with Crippen LogP contribution in [0.2, 0.25) is 0 Å². The van der Waals surface area contributed by atoms with Gasteiger partial charge in [-0.05, 0) is 36.7 Å². The number of hydrogen-bond acceptors (Lipinski definition) is 1. The predicted octanol–water partition coefficient (Wildman–Crippen LogP) is 3.46. The molecule has 0 aromatic heterocycles. The molecule has 2 fully saturated rings. The first-order valence-electron chi connectivity index (χ1n) is 7.16. The monoisotopic (exact) mass is 321 g/mol. The summed E-state index contributed by atoms with van der Waals surface area (Å²) < 4.78 is 0. The number of alkyl halides is 1. The first kappa shape index (κ1) is 13.2. The molecule has 2 aliphatic rings. The van der Waals surface area contributed by atoms with Gasteiger partial charge in [0.15, 0.2) is 0 Å². The molecule has 1 aromatic carbocycles. The Balaban J connectivity index is 1.64. The van der Waals surface area contributed by atoms with Gasteiger partial charge in [0.1, 0.15) is 0 Å². The SMILES string of the molecule is O=C(C1CC2CC2C1)N(CCBr)Cc1ccccc1. The Hall–Kier alpha value is -0.830. The van der Waals surface area contributed by atoms with E-state index < -0.39 is 0 Å². The van der Waals surface area contributed by atoms with Crippen LogP contribution < -0.4 is 0 Å². The second-order valence-electron chi connectivity index (χ2n) is 5.86. The highest BCUT2D eigenvalue weighted by Gasteiger charge is 2.48. The van der Waals surface area contributed by atoms with Crippen LogP contribution >= 0.6 is 15.9 Å². The van der Waals surface area contributed by atoms with Gasteiger partial charge in [0.25, 0.3) is 0 Å². The molecule has 2 atom stereocenters. The number of rotatable bonds is 5. The van der Waals surface area contributed by atoms with E-state index in [9.17, 15) is 4.79 Å². The minimum Gasteiger partial charge on any atom is -0.337 e. The molecule has 0 spiro atoms. The average molecular weight is 322 g/mol. The van der Waals surface area contributed by atoms with Gasteiger partial charge in [0.2, 0.25) is 5.91 Å². The molecule has 0 saturated heterocycles. The summed E-state index contributed by atoms with van der Waals surface area (Å²) in [6.45, 7) is 1.55. The summed E-state index contributed by atoms with van der Waals surface area (Å²) in [5, 5.41) is 0.852. The normalized spacial score (nSPS) is 27.9. The molecule has 2 aliphatic carbocycles. The maximum Gasteiger partial charge on any atom is 0.226 e. The van der Waals surface area contributed by atoms with Gasteiger partial charge in [-0.15, -0.1) is 0 Å². The summed E-state index contributed by atoms with van der Waals surface area (Å²) in [6.07, 6.45) is 3.65. The van der Waals surface area contributed by atoms with Gasteiger partial charge >= 0.3 is 0 Å². The molecule has 1 aromatic rings. The number of carbonyl (C=O) groups is 1. The lowest BCUT2D eigenvalue weighted by atomic mass is 10.0. The van der Waals surface area contributed by atoms with Crippen molar-refractivity contribution in [3.63, 3.8) is 0 Å². The quantitative estimate of drug-likeness (QED) is 0.760. The molecule has 2 nitrogen and oxygen atoms in total. The van der Waals surface area contributed by atoms with Crippen molar-refractivity contribution in [2.75, 3.05) is 11.9 Å². The number of fused-ring (bicyclic) bond motifs is 1. The van der Waals surface area contributed by atoms with Crippen LogP contribution in [0.5, 0.6) is 0 Å². The molecule has 2 saturated carbocycles. The third kappa shape index (κ3) is 3.02. The highest BCUT2D eigenvalue weighted by Crippen LogP contribution is 2.54. The second-order valence-corrected chi connectivity index (χ2v) is 6.65. The Labute approximate surface area is 123 Å². The van der Waals surface area contributed by atoms with Crippen LogP contribution in [0.4, 0.5) is 0 Å². The number of amides is 1. The Bertz CT molecular complexity index is 437. The summed E-state index contributed by atoms with van der Waals surface area (Å²) >= 11 is 3.47. The fourth-order valence-electron chi connectivity index (χ4n) is 3.35. The van der Waals surface area contributed by atoms with Crippen LogP contribution in [-0.2, 0) is 11.3 Å². The van der Waals surface area contributed by atoms with Crippen molar-refractivity contribution < 1.29 is 4.79 Å². The lowest BCUT2D eigenvalue weighted by Crippen LogP contribution is -2.36. The highest BCUT2D eigenvalue weighted by molar-refractivity contribution is 9.09. The molecule has 1 amide bonds. The van der Waals surface area contributed by atoms with Gasteiger partial charge in [-0.3, -0.25) is 4.79 Å². The smallest absolute Gasteiger partial charge is 0.226 e. The maximum atomic E-state index is 12.6.